The lowest BCUT2D eigenvalue weighted by Gasteiger charge is -1.96. The fourth-order valence-electron chi connectivity index (χ4n) is 1.29. The lowest BCUT2D eigenvalue weighted by molar-refractivity contribution is 0.112. The Morgan fingerprint density at radius 2 is 2.23 bits per heavy atom. The van der Waals surface area contributed by atoms with Crippen LogP contribution in [-0.2, 0) is 0 Å². The molecule has 66 valence electrons. The number of fused-ring (bicyclic) bond motifs is 1. The standard InChI is InChI=1S/C9H5BrClNO/c10-6-1-2-7(11)9-8(6)5(4-13)3-12-9/h1-4,12H. The van der Waals surface area contributed by atoms with Crippen molar-refractivity contribution in [1.82, 2.24) is 4.98 Å². The lowest BCUT2D eigenvalue weighted by atomic mass is 10.2. The zero-order valence-corrected chi connectivity index (χ0v) is 8.82. The maximum Gasteiger partial charge on any atom is 0.152 e. The third-order valence-electron chi connectivity index (χ3n) is 1.89. The van der Waals surface area contributed by atoms with Crippen molar-refractivity contribution in [2.24, 2.45) is 0 Å². The highest BCUT2D eigenvalue weighted by Gasteiger charge is 2.08. The first-order chi connectivity index (χ1) is 6.24. The number of hydrogen-bond acceptors (Lipinski definition) is 1. The molecular weight excluding hydrogens is 253 g/mol. The minimum Gasteiger partial charge on any atom is -0.359 e. The molecule has 2 nitrogen and oxygen atoms in total. The lowest BCUT2D eigenvalue weighted by Crippen LogP contribution is -1.77. The van der Waals surface area contributed by atoms with Gasteiger partial charge in [0, 0.05) is 21.6 Å². The first-order valence-electron chi connectivity index (χ1n) is 3.64. The zero-order chi connectivity index (χ0) is 9.42. The maximum atomic E-state index is 10.7. The number of nitrogens with one attached hydrogen (secondary N) is 1. The van der Waals surface area contributed by atoms with Crippen LogP contribution in [0.2, 0.25) is 5.02 Å². The number of H-pyrrole nitrogens is 1. The second-order valence-corrected chi connectivity index (χ2v) is 3.90. The Morgan fingerprint density at radius 1 is 1.46 bits per heavy atom. The Hall–Kier alpha value is -0.800. The highest BCUT2D eigenvalue weighted by molar-refractivity contribution is 9.10. The number of rotatable bonds is 1. The van der Waals surface area contributed by atoms with Gasteiger partial charge in [-0.15, -0.1) is 0 Å². The molecule has 0 aliphatic rings. The number of aromatic amines is 1. The van der Waals surface area contributed by atoms with E-state index >= 15 is 0 Å². The van der Waals surface area contributed by atoms with Gasteiger partial charge in [0.1, 0.15) is 0 Å². The molecule has 4 heteroatoms. The monoisotopic (exact) mass is 257 g/mol. The Morgan fingerprint density at radius 3 is 2.92 bits per heavy atom. The zero-order valence-electron chi connectivity index (χ0n) is 6.47. The van der Waals surface area contributed by atoms with Gasteiger partial charge in [-0.2, -0.15) is 0 Å². The first-order valence-corrected chi connectivity index (χ1v) is 4.81. The molecule has 0 spiro atoms. The van der Waals surface area contributed by atoms with Crippen molar-refractivity contribution in [2.75, 3.05) is 0 Å². The third kappa shape index (κ3) is 1.28. The van der Waals surface area contributed by atoms with Crippen LogP contribution in [0.5, 0.6) is 0 Å². The number of carbonyl (C=O) groups is 1. The van der Waals surface area contributed by atoms with Crippen molar-refractivity contribution in [3.63, 3.8) is 0 Å². The molecule has 2 rings (SSSR count). The minimum absolute atomic E-state index is 0.615. The summed E-state index contributed by atoms with van der Waals surface area (Å²) >= 11 is 9.30. The van der Waals surface area contributed by atoms with Gasteiger partial charge in [-0.25, -0.2) is 0 Å². The number of carbonyl (C=O) groups excluding carboxylic acids is 1. The molecule has 0 atom stereocenters. The Balaban J connectivity index is 2.95. The quantitative estimate of drug-likeness (QED) is 0.781. The molecule has 0 radical (unpaired) electrons. The predicted molar refractivity (Wildman–Crippen MR) is 56.4 cm³/mol. The Labute approximate surface area is 88.0 Å². The van der Waals surface area contributed by atoms with Gasteiger partial charge in [-0.3, -0.25) is 4.79 Å². The van der Waals surface area contributed by atoms with Crippen LogP contribution in [0.4, 0.5) is 0 Å². The summed E-state index contributed by atoms with van der Waals surface area (Å²) in [6, 6.07) is 3.60. The van der Waals surface area contributed by atoms with E-state index in [1.807, 2.05) is 6.07 Å². The van der Waals surface area contributed by atoms with E-state index < -0.39 is 0 Å². The van der Waals surface area contributed by atoms with Crippen LogP contribution in [-0.4, -0.2) is 11.3 Å². The largest absolute Gasteiger partial charge is 0.359 e. The molecule has 0 bridgehead atoms. The Kier molecular flexibility index (Phi) is 2.14. The molecule has 1 aromatic carbocycles. The smallest absolute Gasteiger partial charge is 0.152 e. The summed E-state index contributed by atoms with van der Waals surface area (Å²) in [4.78, 5) is 13.6. The highest BCUT2D eigenvalue weighted by atomic mass is 79.9. The summed E-state index contributed by atoms with van der Waals surface area (Å²) in [5.74, 6) is 0. The van der Waals surface area contributed by atoms with E-state index in [4.69, 9.17) is 11.6 Å². The molecule has 0 unspecified atom stereocenters. The van der Waals surface area contributed by atoms with Gasteiger partial charge < -0.3 is 4.98 Å². The van der Waals surface area contributed by atoms with E-state index in [1.165, 1.54) is 0 Å². The molecule has 1 heterocycles. The molecule has 0 fully saturated rings. The summed E-state index contributed by atoms with van der Waals surface area (Å²) in [7, 11) is 0. The van der Waals surface area contributed by atoms with Crippen molar-refractivity contribution in [3.8, 4) is 0 Å². The second-order valence-electron chi connectivity index (χ2n) is 2.64. The van der Waals surface area contributed by atoms with Crippen molar-refractivity contribution in [3.05, 3.63) is 33.4 Å². The van der Waals surface area contributed by atoms with Crippen LogP contribution in [0.15, 0.2) is 22.8 Å². The van der Waals surface area contributed by atoms with Crippen LogP contribution in [0.3, 0.4) is 0 Å². The van der Waals surface area contributed by atoms with Gasteiger partial charge in [-0.05, 0) is 12.1 Å². The minimum atomic E-state index is 0.615. The Bertz CT molecular complexity index is 478. The fourth-order valence-corrected chi connectivity index (χ4v) is 2.06. The van der Waals surface area contributed by atoms with E-state index in [2.05, 4.69) is 20.9 Å². The molecule has 0 saturated heterocycles. The van der Waals surface area contributed by atoms with E-state index in [0.29, 0.717) is 10.6 Å². The third-order valence-corrected chi connectivity index (χ3v) is 2.87. The van der Waals surface area contributed by atoms with Gasteiger partial charge >= 0.3 is 0 Å². The van der Waals surface area contributed by atoms with Gasteiger partial charge in [-0.1, -0.05) is 27.5 Å². The molecular formula is C9H5BrClNO. The van der Waals surface area contributed by atoms with E-state index in [0.717, 1.165) is 21.7 Å². The number of benzene rings is 1. The van der Waals surface area contributed by atoms with Crippen LogP contribution in [0.25, 0.3) is 10.9 Å². The number of aromatic nitrogens is 1. The molecule has 1 N–H and O–H groups in total. The number of hydrogen-bond donors (Lipinski definition) is 1. The van der Waals surface area contributed by atoms with Crippen LogP contribution < -0.4 is 0 Å². The first kappa shape index (κ1) is 8.78. The van der Waals surface area contributed by atoms with Crippen molar-refractivity contribution in [1.29, 1.82) is 0 Å². The number of aldehydes is 1. The van der Waals surface area contributed by atoms with Crippen LogP contribution in [0, 0.1) is 0 Å². The normalized spacial score (nSPS) is 10.6. The summed E-state index contributed by atoms with van der Waals surface area (Å²) in [6.45, 7) is 0. The average Bonchev–Trinajstić information content (AvgIpc) is 2.56. The van der Waals surface area contributed by atoms with Crippen LogP contribution in [0.1, 0.15) is 10.4 Å². The fraction of sp³-hybridized carbons (Fsp3) is 0. The molecule has 0 saturated carbocycles. The summed E-state index contributed by atoms with van der Waals surface area (Å²) in [5, 5.41) is 1.45. The highest BCUT2D eigenvalue weighted by Crippen LogP contribution is 2.31. The SMILES string of the molecule is O=Cc1c[nH]c2c(Cl)ccc(Br)c12. The van der Waals surface area contributed by atoms with E-state index in [1.54, 1.807) is 12.3 Å². The molecule has 2 aromatic rings. The van der Waals surface area contributed by atoms with Crippen molar-refractivity contribution >= 4 is 44.7 Å². The van der Waals surface area contributed by atoms with E-state index in [9.17, 15) is 4.79 Å². The predicted octanol–water partition coefficient (Wildman–Crippen LogP) is 3.40. The summed E-state index contributed by atoms with van der Waals surface area (Å²) in [5.41, 5.74) is 1.41. The topological polar surface area (TPSA) is 32.9 Å². The molecule has 13 heavy (non-hydrogen) atoms. The molecule has 0 aliphatic carbocycles. The number of halogens is 2. The molecule has 0 amide bonds. The summed E-state index contributed by atoms with van der Waals surface area (Å²) in [6.07, 6.45) is 2.45. The van der Waals surface area contributed by atoms with Crippen LogP contribution >= 0.6 is 27.5 Å². The van der Waals surface area contributed by atoms with Gasteiger partial charge in [0.15, 0.2) is 6.29 Å². The van der Waals surface area contributed by atoms with Crippen molar-refractivity contribution < 1.29 is 4.79 Å². The van der Waals surface area contributed by atoms with Gasteiger partial charge in [0.2, 0.25) is 0 Å². The second kappa shape index (κ2) is 3.16. The maximum absolute atomic E-state index is 10.7. The van der Waals surface area contributed by atoms with Gasteiger partial charge in [0.25, 0.3) is 0 Å². The average molecular weight is 259 g/mol. The van der Waals surface area contributed by atoms with Gasteiger partial charge in [0.05, 0.1) is 10.5 Å². The molecule has 0 aliphatic heterocycles. The van der Waals surface area contributed by atoms with Crippen molar-refractivity contribution in [2.45, 2.75) is 0 Å². The van der Waals surface area contributed by atoms with E-state index in [-0.39, 0.29) is 0 Å². The molecule has 1 aromatic heterocycles. The summed E-state index contributed by atoms with van der Waals surface area (Å²) < 4.78 is 0.871.